The van der Waals surface area contributed by atoms with Gasteiger partial charge in [0, 0.05) is 37.3 Å². The van der Waals surface area contributed by atoms with E-state index >= 15 is 0 Å². The van der Waals surface area contributed by atoms with E-state index in [1.165, 1.54) is 29.3 Å². The molecule has 1 aliphatic carbocycles. The first-order chi connectivity index (χ1) is 9.36. The van der Waals surface area contributed by atoms with Gasteiger partial charge in [0.2, 0.25) is 0 Å². The topological polar surface area (TPSA) is 40.8 Å². The summed E-state index contributed by atoms with van der Waals surface area (Å²) in [6.07, 6.45) is 6.34. The molecule has 3 rings (SSSR count). The Morgan fingerprint density at radius 1 is 1.32 bits per heavy atom. The highest BCUT2D eigenvalue weighted by Gasteiger charge is 2.19. The number of hydrogen-bond acceptors (Lipinski definition) is 2. The molecule has 1 aromatic carbocycles. The van der Waals surface area contributed by atoms with Crippen LogP contribution in [0, 0.1) is 11.3 Å². The van der Waals surface area contributed by atoms with Gasteiger partial charge in [-0.1, -0.05) is 6.07 Å². The number of benzene rings is 1. The summed E-state index contributed by atoms with van der Waals surface area (Å²) >= 11 is 0. The third kappa shape index (κ3) is 2.97. The van der Waals surface area contributed by atoms with Gasteiger partial charge in [-0.15, -0.1) is 0 Å². The molecule has 2 aromatic rings. The van der Waals surface area contributed by atoms with Crippen LogP contribution >= 0.6 is 0 Å². The van der Waals surface area contributed by atoms with E-state index in [1.807, 2.05) is 0 Å². The summed E-state index contributed by atoms with van der Waals surface area (Å²) in [7, 11) is 0. The van der Waals surface area contributed by atoms with Gasteiger partial charge in [0.25, 0.3) is 0 Å². The van der Waals surface area contributed by atoms with E-state index in [4.69, 9.17) is 5.26 Å². The molecule has 1 aromatic heterocycles. The van der Waals surface area contributed by atoms with Crippen molar-refractivity contribution in [1.29, 1.82) is 5.26 Å². The predicted molar refractivity (Wildman–Crippen MR) is 76.6 cm³/mol. The van der Waals surface area contributed by atoms with Crippen molar-refractivity contribution in [2.45, 2.75) is 44.8 Å². The molecule has 0 aliphatic heterocycles. The van der Waals surface area contributed by atoms with Crippen molar-refractivity contribution in [2.24, 2.45) is 0 Å². The van der Waals surface area contributed by atoms with Gasteiger partial charge >= 0.3 is 0 Å². The lowest BCUT2D eigenvalue weighted by Gasteiger charge is -2.06. The third-order valence-electron chi connectivity index (χ3n) is 3.70. The van der Waals surface area contributed by atoms with Gasteiger partial charge in [-0.05, 0) is 48.4 Å². The van der Waals surface area contributed by atoms with E-state index in [1.54, 1.807) is 0 Å². The van der Waals surface area contributed by atoms with Crippen LogP contribution in [0.2, 0.25) is 0 Å². The first-order valence-electron chi connectivity index (χ1n) is 7.05. The number of nitrogens with one attached hydrogen (secondary N) is 1. The Morgan fingerprint density at radius 2 is 2.21 bits per heavy atom. The number of aromatic nitrogens is 1. The van der Waals surface area contributed by atoms with Crippen LogP contribution in [-0.4, -0.2) is 10.6 Å². The van der Waals surface area contributed by atoms with Crippen LogP contribution in [0.5, 0.6) is 0 Å². The van der Waals surface area contributed by atoms with Crippen molar-refractivity contribution in [1.82, 2.24) is 9.88 Å². The number of hydrogen-bond donors (Lipinski definition) is 1. The molecule has 1 aliphatic rings. The summed E-state index contributed by atoms with van der Waals surface area (Å²) in [6, 6.07) is 11.8. The average molecular weight is 253 g/mol. The largest absolute Gasteiger partial charge is 0.347 e. The number of rotatable bonds is 6. The normalized spacial score (nSPS) is 14.7. The molecule has 0 bridgehead atoms. The Balaban J connectivity index is 1.71. The zero-order valence-electron chi connectivity index (χ0n) is 11.1. The fourth-order valence-corrected chi connectivity index (χ4v) is 2.43. The number of aryl methyl sites for hydroxylation is 1. The zero-order chi connectivity index (χ0) is 13.1. The maximum absolute atomic E-state index is 8.59. The van der Waals surface area contributed by atoms with E-state index in [2.05, 4.69) is 46.4 Å². The highest BCUT2D eigenvalue weighted by atomic mass is 15.0. The molecule has 19 heavy (non-hydrogen) atoms. The summed E-state index contributed by atoms with van der Waals surface area (Å²) in [5.41, 5.74) is 2.63. The second kappa shape index (κ2) is 5.46. The summed E-state index contributed by atoms with van der Waals surface area (Å²) in [6.45, 7) is 1.90. The maximum atomic E-state index is 8.59. The smallest absolute Gasteiger partial charge is 0.0622 e. The highest BCUT2D eigenvalue weighted by Crippen LogP contribution is 2.21. The quantitative estimate of drug-likeness (QED) is 0.803. The zero-order valence-corrected chi connectivity index (χ0v) is 11.1. The van der Waals surface area contributed by atoms with Crippen LogP contribution in [0.15, 0.2) is 30.5 Å². The van der Waals surface area contributed by atoms with Crippen molar-refractivity contribution >= 4 is 10.9 Å². The lowest BCUT2D eigenvalue weighted by atomic mass is 10.1. The second-order valence-corrected chi connectivity index (χ2v) is 5.32. The first-order valence-corrected chi connectivity index (χ1v) is 7.05. The molecule has 0 spiro atoms. The molecule has 3 heteroatoms. The van der Waals surface area contributed by atoms with Crippen LogP contribution in [0.4, 0.5) is 0 Å². The van der Waals surface area contributed by atoms with Gasteiger partial charge < -0.3 is 9.88 Å². The van der Waals surface area contributed by atoms with Crippen molar-refractivity contribution in [3.63, 3.8) is 0 Å². The maximum Gasteiger partial charge on any atom is 0.0622 e. The van der Waals surface area contributed by atoms with Crippen LogP contribution < -0.4 is 5.32 Å². The van der Waals surface area contributed by atoms with E-state index in [0.29, 0.717) is 6.42 Å². The van der Waals surface area contributed by atoms with Gasteiger partial charge in [0.05, 0.1) is 6.07 Å². The second-order valence-electron chi connectivity index (χ2n) is 5.32. The molecule has 0 saturated heterocycles. The van der Waals surface area contributed by atoms with Gasteiger partial charge in [0.15, 0.2) is 0 Å². The molecular formula is C16H19N3. The summed E-state index contributed by atoms with van der Waals surface area (Å²) in [4.78, 5) is 0. The molecule has 1 N–H and O–H groups in total. The predicted octanol–water partition coefficient (Wildman–Crippen LogP) is 3.20. The number of fused-ring (bicyclic) bond motifs is 1. The summed E-state index contributed by atoms with van der Waals surface area (Å²) in [5.74, 6) is 0. The van der Waals surface area contributed by atoms with E-state index < -0.39 is 0 Å². The Morgan fingerprint density at radius 3 is 3.00 bits per heavy atom. The van der Waals surface area contributed by atoms with Gasteiger partial charge in [-0.25, -0.2) is 0 Å². The monoisotopic (exact) mass is 253 g/mol. The van der Waals surface area contributed by atoms with Crippen molar-refractivity contribution < 1.29 is 0 Å². The molecule has 1 fully saturated rings. The average Bonchev–Trinajstić information content (AvgIpc) is 3.18. The van der Waals surface area contributed by atoms with Crippen LogP contribution in [0.25, 0.3) is 10.9 Å². The molecule has 3 nitrogen and oxygen atoms in total. The van der Waals surface area contributed by atoms with Crippen molar-refractivity contribution in [3.05, 3.63) is 36.0 Å². The Kier molecular flexibility index (Phi) is 3.52. The van der Waals surface area contributed by atoms with E-state index in [-0.39, 0.29) is 0 Å². The number of unbranched alkanes of at least 4 members (excludes halogenated alkanes) is 1. The lowest BCUT2D eigenvalue weighted by molar-refractivity contribution is 0.673. The minimum Gasteiger partial charge on any atom is -0.347 e. The Hall–Kier alpha value is -1.79. The SMILES string of the molecule is N#CCCCn1ccc2cc(CNC3CC3)ccc21. The Bertz CT molecular complexity index is 602. The fraction of sp³-hybridized carbons (Fsp3) is 0.438. The van der Waals surface area contributed by atoms with Crippen LogP contribution in [0.1, 0.15) is 31.2 Å². The van der Waals surface area contributed by atoms with Gasteiger partial charge in [-0.3, -0.25) is 0 Å². The molecular weight excluding hydrogens is 234 g/mol. The van der Waals surface area contributed by atoms with Crippen molar-refractivity contribution in [2.75, 3.05) is 0 Å². The highest BCUT2D eigenvalue weighted by molar-refractivity contribution is 5.80. The molecule has 1 saturated carbocycles. The molecule has 98 valence electrons. The van der Waals surface area contributed by atoms with Gasteiger partial charge in [0.1, 0.15) is 0 Å². The van der Waals surface area contributed by atoms with E-state index in [0.717, 1.165) is 25.6 Å². The molecule has 0 atom stereocenters. The van der Waals surface area contributed by atoms with Crippen LogP contribution in [-0.2, 0) is 13.1 Å². The Labute approximate surface area is 113 Å². The van der Waals surface area contributed by atoms with Gasteiger partial charge in [-0.2, -0.15) is 5.26 Å². The van der Waals surface area contributed by atoms with E-state index in [9.17, 15) is 0 Å². The molecule has 0 amide bonds. The first kappa shape index (κ1) is 12.3. The molecule has 1 heterocycles. The molecule has 0 unspecified atom stereocenters. The molecule has 0 radical (unpaired) electrons. The van der Waals surface area contributed by atoms with Crippen LogP contribution in [0.3, 0.4) is 0 Å². The summed E-state index contributed by atoms with van der Waals surface area (Å²) < 4.78 is 2.24. The number of nitrogens with zero attached hydrogens (tertiary/aromatic N) is 2. The lowest BCUT2D eigenvalue weighted by Crippen LogP contribution is -2.15. The standard InChI is InChI=1S/C16H19N3/c17-8-1-2-9-19-10-7-14-11-13(3-6-16(14)19)12-18-15-4-5-15/h3,6-7,10-11,15,18H,1-2,4-5,9,12H2. The third-order valence-corrected chi connectivity index (χ3v) is 3.70. The summed E-state index contributed by atoms with van der Waals surface area (Å²) in [5, 5.41) is 13.4. The minimum absolute atomic E-state index is 0.628. The van der Waals surface area contributed by atoms with Crippen molar-refractivity contribution in [3.8, 4) is 6.07 Å². The fourth-order valence-electron chi connectivity index (χ4n) is 2.43. The minimum atomic E-state index is 0.628. The number of nitriles is 1.